The zero-order chi connectivity index (χ0) is 24.7. The van der Waals surface area contributed by atoms with Gasteiger partial charge in [0.05, 0.1) is 17.0 Å². The third-order valence-corrected chi connectivity index (χ3v) is 7.57. The van der Waals surface area contributed by atoms with Crippen LogP contribution in [0, 0.1) is 0 Å². The summed E-state index contributed by atoms with van der Waals surface area (Å²) < 4.78 is 29.0. The SMILES string of the molecule is CCC(c1ccccc1)N(Cc1ccc(C(=O)NC[C@H](C)O)cc1)S(=O)(=O)c1ccc(Cl)cc1. The first-order chi connectivity index (χ1) is 16.2. The predicted molar refractivity (Wildman–Crippen MR) is 134 cm³/mol. The molecule has 8 heteroatoms. The van der Waals surface area contributed by atoms with Crippen LogP contribution in [0.1, 0.15) is 47.8 Å². The molecule has 180 valence electrons. The Morgan fingerprint density at radius 2 is 1.62 bits per heavy atom. The van der Waals surface area contributed by atoms with Gasteiger partial charge < -0.3 is 10.4 Å². The van der Waals surface area contributed by atoms with Gasteiger partial charge in [-0.3, -0.25) is 4.79 Å². The summed E-state index contributed by atoms with van der Waals surface area (Å²) in [7, 11) is -3.85. The van der Waals surface area contributed by atoms with E-state index in [4.69, 9.17) is 11.6 Å². The average molecular weight is 501 g/mol. The zero-order valence-electron chi connectivity index (χ0n) is 19.2. The molecule has 3 rings (SSSR count). The zero-order valence-corrected chi connectivity index (χ0v) is 20.8. The molecule has 3 aromatic rings. The Balaban J connectivity index is 1.94. The predicted octanol–water partition coefficient (Wildman–Crippen LogP) is 4.79. The second kappa shape index (κ2) is 11.6. The lowest BCUT2D eigenvalue weighted by Crippen LogP contribution is -2.34. The molecule has 0 saturated carbocycles. The number of benzene rings is 3. The molecular weight excluding hydrogens is 472 g/mol. The Kier molecular flexibility index (Phi) is 8.85. The molecule has 0 heterocycles. The standard InChI is InChI=1S/C26H29ClN2O4S/c1-3-25(21-7-5-4-6-8-21)29(34(32,33)24-15-13-23(27)14-16-24)18-20-9-11-22(12-10-20)26(31)28-17-19(2)30/h4-16,19,25,30H,3,17-18H2,1-2H3,(H,28,31)/t19-,25?/m0/s1. The van der Waals surface area contributed by atoms with Crippen molar-refractivity contribution >= 4 is 27.5 Å². The number of halogens is 1. The summed E-state index contributed by atoms with van der Waals surface area (Å²) in [5.41, 5.74) is 2.09. The number of carbonyl (C=O) groups excluding carboxylic acids is 1. The second-order valence-electron chi connectivity index (χ2n) is 8.09. The van der Waals surface area contributed by atoms with E-state index in [1.807, 2.05) is 37.3 Å². The van der Waals surface area contributed by atoms with Gasteiger partial charge in [0.15, 0.2) is 0 Å². The number of carbonyl (C=O) groups is 1. The Labute approximate surface area is 206 Å². The molecule has 34 heavy (non-hydrogen) atoms. The highest BCUT2D eigenvalue weighted by Crippen LogP contribution is 2.32. The lowest BCUT2D eigenvalue weighted by atomic mass is 10.0. The van der Waals surface area contributed by atoms with E-state index in [1.54, 1.807) is 43.3 Å². The fourth-order valence-electron chi connectivity index (χ4n) is 3.67. The molecule has 0 aliphatic heterocycles. The van der Waals surface area contributed by atoms with Gasteiger partial charge >= 0.3 is 0 Å². The van der Waals surface area contributed by atoms with Crippen LogP contribution in [0.2, 0.25) is 5.02 Å². The molecule has 3 aromatic carbocycles. The van der Waals surface area contributed by atoms with Gasteiger partial charge in [-0.1, -0.05) is 61.0 Å². The molecule has 0 spiro atoms. The normalized spacial score (nSPS) is 13.4. The minimum absolute atomic E-state index is 0.133. The average Bonchev–Trinajstić information content (AvgIpc) is 2.83. The van der Waals surface area contributed by atoms with Crippen LogP contribution in [-0.2, 0) is 16.6 Å². The van der Waals surface area contributed by atoms with Gasteiger partial charge in [-0.15, -0.1) is 0 Å². The molecule has 1 amide bonds. The monoisotopic (exact) mass is 500 g/mol. The quantitative estimate of drug-likeness (QED) is 0.419. The minimum Gasteiger partial charge on any atom is -0.392 e. The molecule has 0 aliphatic carbocycles. The van der Waals surface area contributed by atoms with Crippen molar-refractivity contribution in [1.82, 2.24) is 9.62 Å². The third-order valence-electron chi connectivity index (χ3n) is 5.45. The molecule has 0 aromatic heterocycles. The van der Waals surface area contributed by atoms with Gasteiger partial charge in [0, 0.05) is 23.7 Å². The van der Waals surface area contributed by atoms with Gasteiger partial charge in [-0.05, 0) is 60.9 Å². The maximum atomic E-state index is 13.7. The number of hydrogen-bond donors (Lipinski definition) is 2. The Morgan fingerprint density at radius 3 is 2.18 bits per heavy atom. The summed E-state index contributed by atoms with van der Waals surface area (Å²) >= 11 is 5.98. The van der Waals surface area contributed by atoms with Crippen LogP contribution in [0.5, 0.6) is 0 Å². The molecule has 0 aliphatic rings. The van der Waals surface area contributed by atoms with Gasteiger partial charge in [0.1, 0.15) is 0 Å². The Morgan fingerprint density at radius 1 is 1.00 bits per heavy atom. The number of aliphatic hydroxyl groups is 1. The summed E-state index contributed by atoms with van der Waals surface area (Å²) in [5.74, 6) is -0.297. The molecule has 0 bridgehead atoms. The molecule has 2 atom stereocenters. The van der Waals surface area contributed by atoms with E-state index in [1.165, 1.54) is 16.4 Å². The number of nitrogens with zero attached hydrogens (tertiary/aromatic N) is 1. The molecule has 0 saturated heterocycles. The van der Waals surface area contributed by atoms with Crippen LogP contribution < -0.4 is 5.32 Å². The number of aliphatic hydroxyl groups excluding tert-OH is 1. The fourth-order valence-corrected chi connectivity index (χ4v) is 5.47. The van der Waals surface area contributed by atoms with Gasteiger partial charge in [0.2, 0.25) is 10.0 Å². The van der Waals surface area contributed by atoms with Gasteiger partial charge in [-0.25, -0.2) is 8.42 Å². The first-order valence-corrected chi connectivity index (χ1v) is 12.9. The van der Waals surface area contributed by atoms with E-state index in [2.05, 4.69) is 5.32 Å². The van der Waals surface area contributed by atoms with E-state index in [-0.39, 0.29) is 29.9 Å². The molecule has 0 fully saturated rings. The van der Waals surface area contributed by atoms with Crippen LogP contribution in [0.15, 0.2) is 83.8 Å². The Hall–Kier alpha value is -2.71. The number of amides is 1. The van der Waals surface area contributed by atoms with Crippen molar-refractivity contribution in [3.8, 4) is 0 Å². The smallest absolute Gasteiger partial charge is 0.251 e. The van der Waals surface area contributed by atoms with Crippen molar-refractivity contribution in [2.24, 2.45) is 0 Å². The number of hydrogen-bond acceptors (Lipinski definition) is 4. The van der Waals surface area contributed by atoms with E-state index >= 15 is 0 Å². The van der Waals surface area contributed by atoms with Crippen LogP contribution in [0.25, 0.3) is 0 Å². The summed E-state index contributed by atoms with van der Waals surface area (Å²) in [4.78, 5) is 12.4. The van der Waals surface area contributed by atoms with Crippen LogP contribution in [-0.4, -0.2) is 36.4 Å². The summed E-state index contributed by atoms with van der Waals surface area (Å²) in [6.07, 6.45) is -0.0600. The second-order valence-corrected chi connectivity index (χ2v) is 10.4. The molecule has 2 N–H and O–H groups in total. The van der Waals surface area contributed by atoms with Crippen molar-refractivity contribution in [2.45, 2.75) is 43.9 Å². The summed E-state index contributed by atoms with van der Waals surface area (Å²) in [5, 5.41) is 12.5. The van der Waals surface area contributed by atoms with E-state index < -0.39 is 16.1 Å². The largest absolute Gasteiger partial charge is 0.392 e. The first-order valence-electron chi connectivity index (χ1n) is 11.1. The maximum absolute atomic E-state index is 13.7. The lowest BCUT2D eigenvalue weighted by molar-refractivity contribution is 0.0924. The molecule has 0 radical (unpaired) electrons. The van der Waals surface area contributed by atoms with Crippen molar-refractivity contribution in [3.63, 3.8) is 0 Å². The molecule has 6 nitrogen and oxygen atoms in total. The highest BCUT2D eigenvalue weighted by Gasteiger charge is 2.31. The van der Waals surface area contributed by atoms with Crippen molar-refractivity contribution < 1.29 is 18.3 Å². The molecule has 1 unspecified atom stereocenters. The van der Waals surface area contributed by atoms with Gasteiger partial charge in [-0.2, -0.15) is 4.31 Å². The summed E-state index contributed by atoms with van der Waals surface area (Å²) in [6.45, 7) is 3.84. The highest BCUT2D eigenvalue weighted by molar-refractivity contribution is 7.89. The number of sulfonamides is 1. The molecular formula is C26H29ClN2O4S. The third kappa shape index (κ3) is 6.45. The van der Waals surface area contributed by atoms with E-state index in [9.17, 15) is 18.3 Å². The Bertz CT molecular complexity index is 1180. The van der Waals surface area contributed by atoms with Crippen LogP contribution in [0.4, 0.5) is 0 Å². The van der Waals surface area contributed by atoms with Crippen LogP contribution in [0.3, 0.4) is 0 Å². The van der Waals surface area contributed by atoms with E-state index in [0.717, 1.165) is 11.1 Å². The minimum atomic E-state index is -3.85. The highest BCUT2D eigenvalue weighted by atomic mass is 35.5. The summed E-state index contributed by atoms with van der Waals surface area (Å²) in [6, 6.07) is 22.1. The maximum Gasteiger partial charge on any atom is 0.251 e. The first kappa shape index (κ1) is 25.9. The van der Waals surface area contributed by atoms with Crippen molar-refractivity contribution in [2.75, 3.05) is 6.54 Å². The van der Waals surface area contributed by atoms with E-state index in [0.29, 0.717) is 17.0 Å². The number of nitrogens with one attached hydrogen (secondary N) is 1. The van der Waals surface area contributed by atoms with Crippen molar-refractivity contribution in [1.29, 1.82) is 0 Å². The lowest BCUT2D eigenvalue weighted by Gasteiger charge is -2.31. The number of rotatable bonds is 10. The topological polar surface area (TPSA) is 86.7 Å². The van der Waals surface area contributed by atoms with Crippen LogP contribution >= 0.6 is 11.6 Å². The van der Waals surface area contributed by atoms with Gasteiger partial charge in [0.25, 0.3) is 5.91 Å². The fraction of sp³-hybridized carbons (Fsp3) is 0.269. The van der Waals surface area contributed by atoms with Crippen molar-refractivity contribution in [3.05, 3.63) is 101 Å².